The quantitative estimate of drug-likeness (QED) is 0.861. The predicted octanol–water partition coefficient (Wildman–Crippen LogP) is 2.90. The summed E-state index contributed by atoms with van der Waals surface area (Å²) in [5.41, 5.74) is 3.37. The summed E-state index contributed by atoms with van der Waals surface area (Å²) in [6.07, 6.45) is 0. The molecule has 0 radical (unpaired) electrons. The Labute approximate surface area is 124 Å². The third-order valence-corrected chi connectivity index (χ3v) is 3.50. The predicted molar refractivity (Wildman–Crippen MR) is 84.4 cm³/mol. The summed E-state index contributed by atoms with van der Waals surface area (Å²) in [4.78, 5) is 25.6. The van der Waals surface area contributed by atoms with Crippen LogP contribution in [0.5, 0.6) is 0 Å². The van der Waals surface area contributed by atoms with Crippen LogP contribution >= 0.6 is 0 Å². The van der Waals surface area contributed by atoms with Crippen LogP contribution in [-0.2, 0) is 9.59 Å². The van der Waals surface area contributed by atoms with Crippen molar-refractivity contribution in [2.45, 2.75) is 13.8 Å². The lowest BCUT2D eigenvalue weighted by Crippen LogP contribution is -2.37. The molecule has 0 aliphatic heterocycles. The summed E-state index contributed by atoms with van der Waals surface area (Å²) in [6, 6.07) is 14.7. The number of aryl methyl sites for hydroxylation is 1. The van der Waals surface area contributed by atoms with E-state index in [4.69, 9.17) is 0 Å². The van der Waals surface area contributed by atoms with Gasteiger partial charge in [0.2, 0.25) is 0 Å². The molecule has 2 amide bonds. The molecule has 0 bridgehead atoms. The van der Waals surface area contributed by atoms with Crippen molar-refractivity contribution in [2.75, 3.05) is 17.3 Å². The molecule has 21 heavy (non-hydrogen) atoms. The normalized spacial score (nSPS) is 10.0. The first-order valence-electron chi connectivity index (χ1n) is 6.71. The van der Waals surface area contributed by atoms with Crippen molar-refractivity contribution < 1.29 is 9.59 Å². The van der Waals surface area contributed by atoms with Gasteiger partial charge in [0.05, 0.1) is 0 Å². The van der Waals surface area contributed by atoms with Crippen LogP contribution in [0.4, 0.5) is 11.4 Å². The summed E-state index contributed by atoms with van der Waals surface area (Å²) in [6.45, 7) is 3.87. The molecule has 2 rings (SSSR count). The summed E-state index contributed by atoms with van der Waals surface area (Å²) in [5.74, 6) is -1.24. The molecule has 1 N–H and O–H groups in total. The van der Waals surface area contributed by atoms with Crippen LogP contribution in [0.3, 0.4) is 0 Å². The number of nitrogens with one attached hydrogen (secondary N) is 1. The minimum absolute atomic E-state index is 0.595. The Bertz CT molecular complexity index is 666. The van der Waals surface area contributed by atoms with Gasteiger partial charge in [-0.15, -0.1) is 0 Å². The van der Waals surface area contributed by atoms with E-state index in [0.29, 0.717) is 11.4 Å². The van der Waals surface area contributed by atoms with Crippen molar-refractivity contribution in [2.24, 2.45) is 0 Å². The molecule has 4 heteroatoms. The fourth-order valence-electron chi connectivity index (χ4n) is 1.98. The van der Waals surface area contributed by atoms with Crippen molar-refractivity contribution in [3.8, 4) is 0 Å². The Morgan fingerprint density at radius 1 is 0.952 bits per heavy atom. The first-order valence-corrected chi connectivity index (χ1v) is 6.71. The van der Waals surface area contributed by atoms with E-state index in [2.05, 4.69) is 5.32 Å². The van der Waals surface area contributed by atoms with E-state index in [9.17, 15) is 9.59 Å². The summed E-state index contributed by atoms with van der Waals surface area (Å²) in [7, 11) is 1.58. The number of amides is 2. The van der Waals surface area contributed by atoms with Gasteiger partial charge in [-0.1, -0.05) is 30.3 Å². The second kappa shape index (κ2) is 6.22. The molecular weight excluding hydrogens is 264 g/mol. The van der Waals surface area contributed by atoms with Crippen LogP contribution in [0.1, 0.15) is 11.1 Å². The van der Waals surface area contributed by atoms with Crippen LogP contribution in [0.15, 0.2) is 48.5 Å². The SMILES string of the molecule is Cc1cccc(NC(=O)C(=O)N(C)c2ccccc2)c1C. The van der Waals surface area contributed by atoms with Crippen molar-refractivity contribution >= 4 is 23.2 Å². The molecule has 0 heterocycles. The Hall–Kier alpha value is -2.62. The Balaban J connectivity index is 2.13. The monoisotopic (exact) mass is 282 g/mol. The van der Waals surface area contributed by atoms with Gasteiger partial charge in [-0.2, -0.15) is 0 Å². The first kappa shape index (κ1) is 14.8. The van der Waals surface area contributed by atoms with E-state index in [0.717, 1.165) is 11.1 Å². The Kier molecular flexibility index (Phi) is 4.38. The molecule has 0 spiro atoms. The van der Waals surface area contributed by atoms with E-state index in [-0.39, 0.29) is 0 Å². The zero-order valence-corrected chi connectivity index (χ0v) is 12.4. The molecule has 0 aliphatic rings. The number of likely N-dealkylation sites (N-methyl/N-ethyl adjacent to an activating group) is 1. The van der Waals surface area contributed by atoms with Gasteiger partial charge in [0.15, 0.2) is 0 Å². The Morgan fingerprint density at radius 2 is 1.62 bits per heavy atom. The zero-order valence-electron chi connectivity index (χ0n) is 12.4. The van der Waals surface area contributed by atoms with Crippen LogP contribution in [0.2, 0.25) is 0 Å². The minimum Gasteiger partial charge on any atom is -0.318 e. The summed E-state index contributed by atoms with van der Waals surface area (Å²) in [5, 5.41) is 2.67. The summed E-state index contributed by atoms with van der Waals surface area (Å²) < 4.78 is 0. The maximum absolute atomic E-state index is 12.2. The lowest BCUT2D eigenvalue weighted by Gasteiger charge is -2.17. The van der Waals surface area contributed by atoms with Crippen LogP contribution < -0.4 is 10.2 Å². The van der Waals surface area contributed by atoms with Gasteiger partial charge in [0.1, 0.15) is 0 Å². The number of rotatable bonds is 2. The highest BCUT2D eigenvalue weighted by Crippen LogP contribution is 2.18. The number of carbonyl (C=O) groups is 2. The summed E-state index contributed by atoms with van der Waals surface area (Å²) >= 11 is 0. The maximum atomic E-state index is 12.2. The van der Waals surface area contributed by atoms with E-state index < -0.39 is 11.8 Å². The molecule has 0 aromatic heterocycles. The van der Waals surface area contributed by atoms with Crippen LogP contribution in [0, 0.1) is 13.8 Å². The van der Waals surface area contributed by atoms with Crippen molar-refractivity contribution in [3.05, 3.63) is 59.7 Å². The number of benzene rings is 2. The number of carbonyl (C=O) groups excluding carboxylic acids is 2. The first-order chi connectivity index (χ1) is 10.0. The standard InChI is InChI=1S/C17H18N2O2/c1-12-8-7-11-15(13(12)2)18-16(20)17(21)19(3)14-9-5-4-6-10-14/h4-11H,1-3H3,(H,18,20). The van der Waals surface area contributed by atoms with Crippen molar-refractivity contribution in [1.29, 1.82) is 0 Å². The molecule has 0 saturated carbocycles. The Morgan fingerprint density at radius 3 is 2.29 bits per heavy atom. The molecule has 0 unspecified atom stereocenters. The number of hydrogen-bond donors (Lipinski definition) is 1. The molecule has 0 aliphatic carbocycles. The lowest BCUT2D eigenvalue weighted by atomic mass is 10.1. The van der Waals surface area contributed by atoms with Gasteiger partial charge in [-0.3, -0.25) is 9.59 Å². The third-order valence-electron chi connectivity index (χ3n) is 3.50. The maximum Gasteiger partial charge on any atom is 0.316 e. The van der Waals surface area contributed by atoms with Crippen molar-refractivity contribution in [3.63, 3.8) is 0 Å². The average Bonchev–Trinajstić information content (AvgIpc) is 2.51. The van der Waals surface area contributed by atoms with Gasteiger partial charge in [-0.25, -0.2) is 0 Å². The molecule has 0 saturated heterocycles. The molecule has 2 aromatic rings. The minimum atomic E-state index is -0.643. The number of hydrogen-bond acceptors (Lipinski definition) is 2. The van der Waals surface area contributed by atoms with Gasteiger partial charge >= 0.3 is 11.8 Å². The highest BCUT2D eigenvalue weighted by Gasteiger charge is 2.20. The molecule has 4 nitrogen and oxygen atoms in total. The van der Waals surface area contributed by atoms with Gasteiger partial charge in [0, 0.05) is 18.4 Å². The highest BCUT2D eigenvalue weighted by molar-refractivity contribution is 6.44. The van der Waals surface area contributed by atoms with E-state index >= 15 is 0 Å². The number of para-hydroxylation sites is 1. The second-order valence-electron chi connectivity index (χ2n) is 4.90. The van der Waals surface area contributed by atoms with Gasteiger partial charge in [0.25, 0.3) is 0 Å². The smallest absolute Gasteiger partial charge is 0.316 e. The number of anilines is 2. The molecule has 108 valence electrons. The topological polar surface area (TPSA) is 49.4 Å². The molecule has 2 aromatic carbocycles. The van der Waals surface area contributed by atoms with E-state index in [1.807, 2.05) is 44.2 Å². The number of nitrogens with zero attached hydrogens (tertiary/aromatic N) is 1. The van der Waals surface area contributed by atoms with Crippen LogP contribution in [0.25, 0.3) is 0 Å². The average molecular weight is 282 g/mol. The fourth-order valence-corrected chi connectivity index (χ4v) is 1.98. The molecular formula is C17H18N2O2. The largest absolute Gasteiger partial charge is 0.318 e. The fraction of sp³-hybridized carbons (Fsp3) is 0.176. The highest BCUT2D eigenvalue weighted by atomic mass is 16.2. The van der Waals surface area contributed by atoms with Gasteiger partial charge < -0.3 is 10.2 Å². The second-order valence-corrected chi connectivity index (χ2v) is 4.90. The molecule has 0 fully saturated rings. The van der Waals surface area contributed by atoms with E-state index in [1.165, 1.54) is 4.90 Å². The van der Waals surface area contributed by atoms with Crippen LogP contribution in [-0.4, -0.2) is 18.9 Å². The van der Waals surface area contributed by atoms with Gasteiger partial charge in [-0.05, 0) is 43.2 Å². The van der Waals surface area contributed by atoms with E-state index in [1.54, 1.807) is 25.2 Å². The van der Waals surface area contributed by atoms with Crippen molar-refractivity contribution in [1.82, 2.24) is 0 Å². The third kappa shape index (κ3) is 3.28. The zero-order chi connectivity index (χ0) is 15.4. The lowest BCUT2D eigenvalue weighted by molar-refractivity contribution is -0.134. The molecule has 0 atom stereocenters.